The Morgan fingerprint density at radius 1 is 0.889 bits per heavy atom. The zero-order valence-electron chi connectivity index (χ0n) is 9.84. The largest absolute Gasteiger partial charge is 0.473 e. The molecular formula is C17H12O. The first-order chi connectivity index (χ1) is 8.92. The molecular weight excluding hydrogens is 220 g/mol. The fourth-order valence-electron chi connectivity index (χ4n) is 1.85. The fraction of sp³-hybridized carbons (Fsp3) is 0.0588. The monoisotopic (exact) mass is 232 g/mol. The number of fused-ring (bicyclic) bond motifs is 1. The zero-order valence-corrected chi connectivity index (χ0v) is 9.84. The molecule has 0 radical (unpaired) electrons. The van der Waals surface area contributed by atoms with Crippen LogP contribution >= 0.6 is 0 Å². The fourth-order valence-corrected chi connectivity index (χ4v) is 1.85. The van der Waals surface area contributed by atoms with E-state index in [2.05, 4.69) is 17.9 Å². The maximum absolute atomic E-state index is 5.79. The normalized spacial score (nSPS) is 16.1. The zero-order chi connectivity index (χ0) is 12.2. The maximum atomic E-state index is 5.79. The van der Waals surface area contributed by atoms with Gasteiger partial charge in [0.2, 0.25) is 0 Å². The Morgan fingerprint density at radius 3 is 2.56 bits per heavy atom. The van der Waals surface area contributed by atoms with E-state index in [1.807, 2.05) is 60.7 Å². The Balaban J connectivity index is 1.80. The van der Waals surface area contributed by atoms with Crippen LogP contribution in [0.15, 0.2) is 60.7 Å². The van der Waals surface area contributed by atoms with Gasteiger partial charge in [-0.05, 0) is 30.2 Å². The quantitative estimate of drug-likeness (QED) is 0.631. The van der Waals surface area contributed by atoms with Crippen molar-refractivity contribution in [3.05, 3.63) is 71.8 Å². The first kappa shape index (κ1) is 10.7. The highest BCUT2D eigenvalue weighted by Crippen LogP contribution is 2.24. The van der Waals surface area contributed by atoms with Gasteiger partial charge in [0.05, 0.1) is 0 Å². The molecule has 2 aromatic carbocycles. The van der Waals surface area contributed by atoms with E-state index in [4.69, 9.17) is 4.74 Å². The Bertz CT molecular complexity index is 629. The third-order valence-electron chi connectivity index (χ3n) is 2.76. The number of benzene rings is 2. The van der Waals surface area contributed by atoms with Crippen molar-refractivity contribution in [3.63, 3.8) is 0 Å². The standard InChI is InChI=1S/C17H12O/c1-2-6-14(7-3-1)10-12-16-13-11-15-8-4-5-9-17(15)18-16/h1-9,11,13,16H. The third kappa shape index (κ3) is 2.28. The Kier molecular flexibility index (Phi) is 2.85. The topological polar surface area (TPSA) is 9.23 Å². The van der Waals surface area contributed by atoms with Crippen molar-refractivity contribution in [1.29, 1.82) is 0 Å². The third-order valence-corrected chi connectivity index (χ3v) is 2.76. The van der Waals surface area contributed by atoms with Crippen LogP contribution < -0.4 is 4.74 Å². The van der Waals surface area contributed by atoms with E-state index in [0.717, 1.165) is 16.9 Å². The van der Waals surface area contributed by atoms with Crippen LogP contribution in [0.1, 0.15) is 11.1 Å². The summed E-state index contributed by atoms with van der Waals surface area (Å²) in [7, 11) is 0. The molecule has 0 aliphatic carbocycles. The van der Waals surface area contributed by atoms with E-state index in [0.29, 0.717) is 0 Å². The van der Waals surface area contributed by atoms with Gasteiger partial charge in [-0.1, -0.05) is 48.4 Å². The average Bonchev–Trinajstić information content (AvgIpc) is 2.46. The van der Waals surface area contributed by atoms with E-state index < -0.39 is 0 Å². The lowest BCUT2D eigenvalue weighted by molar-refractivity contribution is 0.301. The Hall–Kier alpha value is -2.46. The molecule has 86 valence electrons. The first-order valence-corrected chi connectivity index (χ1v) is 5.92. The summed E-state index contributed by atoms with van der Waals surface area (Å²) < 4.78 is 5.79. The Labute approximate surface area is 107 Å². The minimum absolute atomic E-state index is 0.167. The van der Waals surface area contributed by atoms with Gasteiger partial charge >= 0.3 is 0 Å². The highest BCUT2D eigenvalue weighted by Gasteiger charge is 2.10. The molecule has 0 saturated heterocycles. The van der Waals surface area contributed by atoms with Crippen LogP contribution in [0.5, 0.6) is 5.75 Å². The number of hydrogen-bond donors (Lipinski definition) is 0. The molecule has 0 fully saturated rings. The summed E-state index contributed by atoms with van der Waals surface area (Å²) in [5.74, 6) is 7.13. The molecule has 1 aliphatic rings. The molecule has 0 spiro atoms. The van der Waals surface area contributed by atoms with E-state index in [1.165, 1.54) is 0 Å². The van der Waals surface area contributed by atoms with Gasteiger partial charge < -0.3 is 4.74 Å². The van der Waals surface area contributed by atoms with Crippen LogP contribution in [0.2, 0.25) is 0 Å². The molecule has 0 saturated carbocycles. The lowest BCUT2D eigenvalue weighted by Gasteiger charge is -2.16. The lowest BCUT2D eigenvalue weighted by atomic mass is 10.1. The van der Waals surface area contributed by atoms with E-state index >= 15 is 0 Å². The van der Waals surface area contributed by atoms with Crippen LogP contribution in [0.3, 0.4) is 0 Å². The summed E-state index contributed by atoms with van der Waals surface area (Å²) in [5.41, 5.74) is 2.11. The van der Waals surface area contributed by atoms with Gasteiger partial charge in [-0.15, -0.1) is 0 Å². The summed E-state index contributed by atoms with van der Waals surface area (Å²) >= 11 is 0. The Morgan fingerprint density at radius 2 is 1.67 bits per heavy atom. The summed E-state index contributed by atoms with van der Waals surface area (Å²) in [6.07, 6.45) is 3.88. The molecule has 1 unspecified atom stereocenters. The van der Waals surface area contributed by atoms with Gasteiger partial charge in [-0.2, -0.15) is 0 Å². The van der Waals surface area contributed by atoms with Crippen molar-refractivity contribution < 1.29 is 4.74 Å². The summed E-state index contributed by atoms with van der Waals surface area (Å²) in [4.78, 5) is 0. The highest BCUT2D eigenvalue weighted by atomic mass is 16.5. The van der Waals surface area contributed by atoms with E-state index in [9.17, 15) is 0 Å². The number of para-hydroxylation sites is 1. The molecule has 3 rings (SSSR count). The first-order valence-electron chi connectivity index (χ1n) is 5.92. The van der Waals surface area contributed by atoms with Crippen LogP contribution in [-0.2, 0) is 0 Å². The van der Waals surface area contributed by atoms with Crippen LogP contribution in [0, 0.1) is 11.8 Å². The maximum Gasteiger partial charge on any atom is 0.178 e. The molecule has 2 aromatic rings. The second-order valence-corrected chi connectivity index (χ2v) is 4.07. The van der Waals surface area contributed by atoms with E-state index in [-0.39, 0.29) is 6.10 Å². The predicted octanol–water partition coefficient (Wildman–Crippen LogP) is 3.51. The molecule has 1 aliphatic heterocycles. The minimum atomic E-state index is -0.167. The molecule has 0 aromatic heterocycles. The highest BCUT2D eigenvalue weighted by molar-refractivity contribution is 5.60. The van der Waals surface area contributed by atoms with Crippen molar-refractivity contribution in [3.8, 4) is 17.6 Å². The van der Waals surface area contributed by atoms with Gasteiger partial charge in [0.1, 0.15) is 5.75 Å². The summed E-state index contributed by atoms with van der Waals surface area (Å²) in [6.45, 7) is 0. The number of hydrogen-bond acceptors (Lipinski definition) is 1. The van der Waals surface area contributed by atoms with E-state index in [1.54, 1.807) is 0 Å². The van der Waals surface area contributed by atoms with Crippen LogP contribution in [0.25, 0.3) is 6.08 Å². The summed E-state index contributed by atoms with van der Waals surface area (Å²) in [5, 5.41) is 0. The van der Waals surface area contributed by atoms with Gasteiger partial charge in [-0.25, -0.2) is 0 Å². The lowest BCUT2D eigenvalue weighted by Crippen LogP contribution is -2.14. The van der Waals surface area contributed by atoms with Crippen molar-refractivity contribution in [2.24, 2.45) is 0 Å². The number of ether oxygens (including phenoxy) is 1. The summed E-state index contributed by atoms with van der Waals surface area (Å²) in [6, 6.07) is 17.9. The molecule has 0 amide bonds. The van der Waals surface area contributed by atoms with Crippen LogP contribution in [0.4, 0.5) is 0 Å². The molecule has 0 N–H and O–H groups in total. The smallest absolute Gasteiger partial charge is 0.178 e. The molecule has 1 heterocycles. The number of rotatable bonds is 0. The van der Waals surface area contributed by atoms with Gasteiger partial charge in [0.25, 0.3) is 0 Å². The average molecular weight is 232 g/mol. The van der Waals surface area contributed by atoms with Gasteiger partial charge in [0.15, 0.2) is 6.10 Å². The van der Waals surface area contributed by atoms with Gasteiger partial charge in [0, 0.05) is 11.1 Å². The SMILES string of the molecule is C(#CC1C=Cc2ccccc2O1)c1ccccc1. The molecule has 1 heteroatoms. The van der Waals surface area contributed by atoms with Gasteiger partial charge in [-0.3, -0.25) is 0 Å². The van der Waals surface area contributed by atoms with Crippen molar-refractivity contribution in [2.75, 3.05) is 0 Å². The second kappa shape index (κ2) is 4.81. The second-order valence-electron chi connectivity index (χ2n) is 4.07. The molecule has 0 bridgehead atoms. The minimum Gasteiger partial charge on any atom is -0.473 e. The van der Waals surface area contributed by atoms with Crippen molar-refractivity contribution >= 4 is 6.08 Å². The van der Waals surface area contributed by atoms with Crippen molar-refractivity contribution in [1.82, 2.24) is 0 Å². The van der Waals surface area contributed by atoms with Crippen LogP contribution in [-0.4, -0.2) is 6.10 Å². The molecule has 1 nitrogen and oxygen atoms in total. The molecule has 18 heavy (non-hydrogen) atoms. The van der Waals surface area contributed by atoms with Crippen molar-refractivity contribution in [2.45, 2.75) is 6.10 Å². The molecule has 1 atom stereocenters. The predicted molar refractivity (Wildman–Crippen MR) is 73.2 cm³/mol.